The van der Waals surface area contributed by atoms with E-state index in [1.807, 2.05) is 5.32 Å². The van der Waals surface area contributed by atoms with Gasteiger partial charge in [-0.1, -0.05) is 0 Å². The van der Waals surface area contributed by atoms with Gasteiger partial charge >= 0.3 is 6.18 Å². The summed E-state index contributed by atoms with van der Waals surface area (Å²) < 4.78 is 110. The summed E-state index contributed by atoms with van der Waals surface area (Å²) >= 11 is 0. The van der Waals surface area contributed by atoms with Crippen molar-refractivity contribution in [3.8, 4) is 5.75 Å². The van der Waals surface area contributed by atoms with E-state index in [1.54, 1.807) is 0 Å². The van der Waals surface area contributed by atoms with Gasteiger partial charge in [0.05, 0.1) is 5.56 Å². The van der Waals surface area contributed by atoms with Gasteiger partial charge in [-0.15, -0.1) is 4.91 Å². The number of carbonyl (C=O) groups excluding carboxylic acids is 1. The third kappa shape index (κ3) is 4.90. The number of nitrogens with one attached hydrogen (secondary N) is 1. The van der Waals surface area contributed by atoms with Gasteiger partial charge in [0.15, 0.2) is 11.4 Å². The Hall–Kier alpha value is -3.29. The van der Waals surface area contributed by atoms with Gasteiger partial charge in [0, 0.05) is 5.69 Å². The van der Waals surface area contributed by atoms with Gasteiger partial charge in [-0.2, -0.15) is 22.0 Å². The van der Waals surface area contributed by atoms with Crippen molar-refractivity contribution in [2.75, 3.05) is 11.9 Å². The largest absolute Gasteiger partial charge is 0.484 e. The molecule has 0 heterocycles. The van der Waals surface area contributed by atoms with Crippen molar-refractivity contribution >= 4 is 17.3 Å². The molecule has 1 atom stereocenters. The van der Waals surface area contributed by atoms with Crippen LogP contribution < -0.4 is 10.1 Å². The predicted molar refractivity (Wildman–Crippen MR) is 87.9 cm³/mol. The molecule has 0 spiro atoms. The molecule has 0 aliphatic carbocycles. The topological polar surface area (TPSA) is 88.0 Å². The molecule has 0 saturated heterocycles. The summed E-state index contributed by atoms with van der Waals surface area (Å²) in [6, 6.07) is 1.80. The number of hydrogen-bond acceptors (Lipinski definition) is 5. The van der Waals surface area contributed by atoms with Gasteiger partial charge in [-0.25, -0.2) is 13.2 Å². The average molecular weight is 458 g/mol. The van der Waals surface area contributed by atoms with Crippen LogP contribution in [-0.2, 0) is 11.0 Å². The number of ether oxygens (including phenoxy) is 1. The molecule has 6 nitrogen and oxygen atoms in total. The maximum absolute atomic E-state index is 13.6. The van der Waals surface area contributed by atoms with Crippen LogP contribution in [0.3, 0.4) is 0 Å². The zero-order valence-electron chi connectivity index (χ0n) is 15.1. The van der Waals surface area contributed by atoms with Crippen LogP contribution in [0.25, 0.3) is 0 Å². The Morgan fingerprint density at radius 1 is 1.03 bits per heavy atom. The fraction of sp³-hybridized carbons (Fsp3) is 0.235. The maximum Gasteiger partial charge on any atom is 0.418 e. The van der Waals surface area contributed by atoms with E-state index in [1.165, 1.54) is 0 Å². The Labute approximate surface area is 167 Å². The van der Waals surface area contributed by atoms with Crippen LogP contribution in [0, 0.1) is 34.0 Å². The van der Waals surface area contributed by atoms with E-state index in [-0.39, 0.29) is 0 Å². The second-order valence-electron chi connectivity index (χ2n) is 6.24. The molecule has 0 bridgehead atoms. The van der Waals surface area contributed by atoms with Crippen LogP contribution >= 0.6 is 0 Å². The highest BCUT2D eigenvalue weighted by Gasteiger charge is 2.37. The molecule has 0 aliphatic rings. The molecule has 0 fully saturated rings. The van der Waals surface area contributed by atoms with Crippen LogP contribution in [0.1, 0.15) is 12.5 Å². The number of anilines is 1. The lowest BCUT2D eigenvalue weighted by molar-refractivity contribution is -0.137. The average Bonchev–Trinajstić information content (AvgIpc) is 2.70. The number of carbonyl (C=O) groups is 1. The standard InChI is InChI=1S/C17H10F8N2O4/c1-16(29,5-31-14-12(21)10(19)9(18)11(20)13(14)22)15(28)26-6-2-3-8(27-30)7(4-6)17(23,24)25/h2-4,29H,5H2,1H3,(H,26,28). The van der Waals surface area contributed by atoms with Gasteiger partial charge in [-0.05, 0) is 30.3 Å². The van der Waals surface area contributed by atoms with Crippen molar-refractivity contribution in [3.63, 3.8) is 0 Å². The predicted octanol–water partition coefficient (Wildman–Crippen LogP) is 4.57. The highest BCUT2D eigenvalue weighted by Crippen LogP contribution is 2.38. The molecule has 1 unspecified atom stereocenters. The molecule has 2 aromatic carbocycles. The van der Waals surface area contributed by atoms with Gasteiger partial charge in [0.1, 0.15) is 12.3 Å². The first-order valence-corrected chi connectivity index (χ1v) is 7.93. The smallest absolute Gasteiger partial charge is 0.418 e. The minimum absolute atomic E-state index is 0.329. The van der Waals surface area contributed by atoms with Crippen LogP contribution in [0.15, 0.2) is 23.4 Å². The molecule has 31 heavy (non-hydrogen) atoms. The first-order valence-electron chi connectivity index (χ1n) is 7.93. The summed E-state index contributed by atoms with van der Waals surface area (Å²) in [5.41, 5.74) is -5.74. The van der Waals surface area contributed by atoms with Crippen molar-refractivity contribution in [1.82, 2.24) is 0 Å². The Morgan fingerprint density at radius 2 is 1.55 bits per heavy atom. The van der Waals surface area contributed by atoms with Crippen LogP contribution in [0.2, 0.25) is 0 Å². The van der Waals surface area contributed by atoms with Crippen molar-refractivity contribution in [1.29, 1.82) is 0 Å². The molecule has 0 aliphatic heterocycles. The number of benzene rings is 2. The Kier molecular flexibility index (Phi) is 6.54. The molecule has 1 amide bonds. The van der Waals surface area contributed by atoms with E-state index in [0.29, 0.717) is 19.1 Å². The number of aliphatic hydroxyl groups is 1. The molecular formula is C17H10F8N2O4. The zero-order chi connectivity index (χ0) is 23.7. The first-order chi connectivity index (χ1) is 14.2. The van der Waals surface area contributed by atoms with Gasteiger partial charge in [0.25, 0.3) is 5.91 Å². The first kappa shape index (κ1) is 24.0. The van der Waals surface area contributed by atoms with Crippen molar-refractivity contribution < 1.29 is 49.8 Å². The highest BCUT2D eigenvalue weighted by atomic mass is 19.4. The fourth-order valence-electron chi connectivity index (χ4n) is 2.18. The van der Waals surface area contributed by atoms with Gasteiger partial charge in [-0.3, -0.25) is 4.79 Å². The maximum atomic E-state index is 13.6. The summed E-state index contributed by atoms with van der Waals surface area (Å²) in [6.45, 7) is -0.655. The van der Waals surface area contributed by atoms with Crippen LogP contribution in [0.4, 0.5) is 46.5 Å². The monoisotopic (exact) mass is 458 g/mol. The third-order valence-corrected chi connectivity index (χ3v) is 3.81. The molecule has 2 rings (SSSR count). The number of nitroso groups, excluding NO2 is 1. The SMILES string of the molecule is CC(O)(COc1c(F)c(F)c(F)c(F)c1F)C(=O)Nc1ccc(N=O)c(C(F)(F)F)c1. The van der Waals surface area contributed by atoms with E-state index < -0.39 is 76.1 Å². The lowest BCUT2D eigenvalue weighted by Crippen LogP contribution is -2.45. The van der Waals surface area contributed by atoms with Crippen molar-refractivity contribution in [3.05, 3.63) is 57.8 Å². The highest BCUT2D eigenvalue weighted by molar-refractivity contribution is 5.97. The van der Waals surface area contributed by atoms with E-state index in [4.69, 9.17) is 0 Å². The second-order valence-corrected chi connectivity index (χ2v) is 6.24. The number of nitrogens with zero attached hydrogens (tertiary/aromatic N) is 1. The molecule has 14 heteroatoms. The van der Waals surface area contributed by atoms with Crippen molar-refractivity contribution in [2.45, 2.75) is 18.7 Å². The Balaban J connectivity index is 2.23. The quantitative estimate of drug-likeness (QED) is 0.288. The number of rotatable bonds is 6. The lowest BCUT2D eigenvalue weighted by Gasteiger charge is -2.23. The number of halogens is 8. The molecule has 168 valence electrons. The van der Waals surface area contributed by atoms with E-state index >= 15 is 0 Å². The number of alkyl halides is 3. The molecule has 2 aromatic rings. The second kappa shape index (κ2) is 8.45. The van der Waals surface area contributed by atoms with E-state index in [2.05, 4.69) is 9.91 Å². The van der Waals surface area contributed by atoms with Gasteiger partial charge in [0.2, 0.25) is 29.1 Å². The minimum atomic E-state index is -5.01. The third-order valence-electron chi connectivity index (χ3n) is 3.81. The molecule has 0 radical (unpaired) electrons. The minimum Gasteiger partial charge on any atom is -0.484 e. The van der Waals surface area contributed by atoms with E-state index in [0.717, 1.165) is 6.07 Å². The number of amides is 1. The summed E-state index contributed by atoms with van der Waals surface area (Å²) in [5.74, 6) is -15.1. The zero-order valence-corrected chi connectivity index (χ0v) is 15.1. The lowest BCUT2D eigenvalue weighted by atomic mass is 10.1. The summed E-state index contributed by atoms with van der Waals surface area (Å²) in [7, 11) is 0. The van der Waals surface area contributed by atoms with Gasteiger partial charge < -0.3 is 15.2 Å². The summed E-state index contributed by atoms with van der Waals surface area (Å²) in [5, 5.41) is 14.1. The van der Waals surface area contributed by atoms with Crippen LogP contribution in [0.5, 0.6) is 5.75 Å². The van der Waals surface area contributed by atoms with Crippen molar-refractivity contribution in [2.24, 2.45) is 5.18 Å². The number of hydrogen-bond donors (Lipinski definition) is 2. The Morgan fingerprint density at radius 3 is 2.03 bits per heavy atom. The normalized spacial score (nSPS) is 13.5. The summed E-state index contributed by atoms with van der Waals surface area (Å²) in [6.07, 6.45) is -5.01. The Bertz CT molecular complexity index is 1010. The molecule has 2 N–H and O–H groups in total. The molecular weight excluding hydrogens is 448 g/mol. The summed E-state index contributed by atoms with van der Waals surface area (Å²) in [4.78, 5) is 22.6. The molecule has 0 aromatic heterocycles. The molecule has 0 saturated carbocycles. The van der Waals surface area contributed by atoms with Crippen LogP contribution in [-0.4, -0.2) is 23.2 Å². The fourth-order valence-corrected chi connectivity index (χ4v) is 2.18. The van der Waals surface area contributed by atoms with E-state index in [9.17, 15) is 49.9 Å².